The second-order valence-electron chi connectivity index (χ2n) is 4.79. The summed E-state index contributed by atoms with van der Waals surface area (Å²) in [6, 6.07) is 3.58. The maximum Gasteiger partial charge on any atom is 0.319 e. The number of nitrogens with one attached hydrogen (secondary N) is 2. The van der Waals surface area contributed by atoms with Gasteiger partial charge in [0, 0.05) is 19.6 Å². The lowest BCUT2D eigenvalue weighted by Crippen LogP contribution is -2.37. The predicted molar refractivity (Wildman–Crippen MR) is 78.7 cm³/mol. The summed E-state index contributed by atoms with van der Waals surface area (Å²) in [6.45, 7) is 2.33. The highest BCUT2D eigenvalue weighted by Gasteiger charge is 2.17. The monoisotopic (exact) mass is 311 g/mol. The van der Waals surface area contributed by atoms with Gasteiger partial charge in [-0.2, -0.15) is 0 Å². The molecule has 2 rings (SSSR count). The highest BCUT2D eigenvalue weighted by atomic mass is 19.1. The molecule has 0 saturated carbocycles. The van der Waals surface area contributed by atoms with Gasteiger partial charge in [0.1, 0.15) is 5.82 Å². The number of hydrogen-bond donors (Lipinski definition) is 3. The zero-order chi connectivity index (χ0) is 15.9. The first-order valence-electron chi connectivity index (χ1n) is 6.95. The van der Waals surface area contributed by atoms with Gasteiger partial charge in [-0.15, -0.1) is 0 Å². The van der Waals surface area contributed by atoms with Gasteiger partial charge in [0.25, 0.3) is 0 Å². The number of carbonyl (C=O) groups is 2. The van der Waals surface area contributed by atoms with Gasteiger partial charge < -0.3 is 25.4 Å². The summed E-state index contributed by atoms with van der Waals surface area (Å²) in [5.74, 6) is -1.38. The molecule has 0 radical (unpaired) electrons. The lowest BCUT2D eigenvalue weighted by Gasteiger charge is -2.30. The van der Waals surface area contributed by atoms with Gasteiger partial charge in [0.15, 0.2) is 0 Å². The molecule has 120 valence electrons. The van der Waals surface area contributed by atoms with E-state index in [9.17, 15) is 14.0 Å². The number of ether oxygens (including phenoxy) is 1. The number of carboxylic acids is 1. The summed E-state index contributed by atoms with van der Waals surface area (Å²) in [5, 5.41) is 13.6. The van der Waals surface area contributed by atoms with Crippen molar-refractivity contribution in [1.29, 1.82) is 0 Å². The molecule has 1 aromatic carbocycles. The number of nitrogens with zero attached hydrogens (tertiary/aromatic N) is 1. The molecule has 0 aliphatic carbocycles. The Morgan fingerprint density at radius 2 is 2.05 bits per heavy atom. The molecule has 0 atom stereocenters. The smallest absolute Gasteiger partial charge is 0.319 e. The van der Waals surface area contributed by atoms with E-state index < -0.39 is 17.8 Å². The molecule has 0 unspecified atom stereocenters. The van der Waals surface area contributed by atoms with Crippen molar-refractivity contribution in [3.63, 3.8) is 0 Å². The number of halogens is 1. The molecule has 7 nitrogen and oxygen atoms in total. The van der Waals surface area contributed by atoms with Crippen LogP contribution in [0.25, 0.3) is 0 Å². The van der Waals surface area contributed by atoms with Crippen LogP contribution in [0.4, 0.5) is 20.6 Å². The van der Waals surface area contributed by atoms with Crippen LogP contribution in [0.2, 0.25) is 0 Å². The van der Waals surface area contributed by atoms with E-state index >= 15 is 0 Å². The van der Waals surface area contributed by atoms with Crippen molar-refractivity contribution in [3.05, 3.63) is 24.0 Å². The van der Waals surface area contributed by atoms with Crippen molar-refractivity contribution < 1.29 is 23.8 Å². The Morgan fingerprint density at radius 1 is 1.32 bits per heavy atom. The van der Waals surface area contributed by atoms with E-state index in [0.29, 0.717) is 37.7 Å². The van der Waals surface area contributed by atoms with Crippen LogP contribution >= 0.6 is 0 Å². The molecule has 1 heterocycles. The Balaban J connectivity index is 2.03. The standard InChI is InChI=1S/C14H18FN3O4/c15-10-1-2-11(17-14(21)16-4-3-13(19)20)12(9-10)18-5-7-22-8-6-18/h1-2,9H,3-8H2,(H,19,20)(H2,16,17,21). The quantitative estimate of drug-likeness (QED) is 0.761. The molecule has 0 aromatic heterocycles. The molecule has 2 amide bonds. The van der Waals surface area contributed by atoms with E-state index in [1.807, 2.05) is 4.90 Å². The minimum Gasteiger partial charge on any atom is -0.481 e. The third kappa shape index (κ3) is 4.59. The van der Waals surface area contributed by atoms with Gasteiger partial charge in [-0.25, -0.2) is 9.18 Å². The zero-order valence-corrected chi connectivity index (χ0v) is 12.0. The van der Waals surface area contributed by atoms with Crippen LogP contribution in [0, 0.1) is 5.82 Å². The molecular formula is C14H18FN3O4. The number of rotatable bonds is 5. The van der Waals surface area contributed by atoms with Crippen molar-refractivity contribution in [2.75, 3.05) is 43.1 Å². The SMILES string of the molecule is O=C(O)CCNC(=O)Nc1ccc(F)cc1N1CCOCC1. The van der Waals surface area contributed by atoms with E-state index in [-0.39, 0.29) is 13.0 Å². The third-order valence-electron chi connectivity index (χ3n) is 3.18. The maximum absolute atomic E-state index is 13.5. The van der Waals surface area contributed by atoms with Crippen LogP contribution in [-0.2, 0) is 9.53 Å². The van der Waals surface area contributed by atoms with Crippen LogP contribution in [0.15, 0.2) is 18.2 Å². The number of anilines is 2. The number of aliphatic carboxylic acids is 1. The third-order valence-corrected chi connectivity index (χ3v) is 3.18. The van der Waals surface area contributed by atoms with Crippen LogP contribution in [0.3, 0.4) is 0 Å². The Morgan fingerprint density at radius 3 is 2.73 bits per heavy atom. The van der Waals surface area contributed by atoms with Crippen molar-refractivity contribution >= 4 is 23.4 Å². The lowest BCUT2D eigenvalue weighted by molar-refractivity contribution is -0.136. The van der Waals surface area contributed by atoms with Crippen molar-refractivity contribution in [1.82, 2.24) is 5.32 Å². The lowest BCUT2D eigenvalue weighted by atomic mass is 10.2. The summed E-state index contributed by atoms with van der Waals surface area (Å²) in [5.41, 5.74) is 1.05. The predicted octanol–water partition coefficient (Wildman–Crippen LogP) is 1.26. The van der Waals surface area contributed by atoms with Gasteiger partial charge in [-0.3, -0.25) is 4.79 Å². The number of urea groups is 1. The minimum atomic E-state index is -0.990. The fourth-order valence-electron chi connectivity index (χ4n) is 2.13. The van der Waals surface area contributed by atoms with Gasteiger partial charge in [-0.05, 0) is 18.2 Å². The molecule has 1 aliphatic heterocycles. The Kier molecular flexibility index (Phi) is 5.54. The minimum absolute atomic E-state index is 0.0231. The molecule has 3 N–H and O–H groups in total. The first-order valence-corrected chi connectivity index (χ1v) is 6.95. The highest BCUT2D eigenvalue weighted by molar-refractivity contribution is 5.93. The van der Waals surface area contributed by atoms with Crippen molar-refractivity contribution in [3.8, 4) is 0 Å². The molecule has 1 saturated heterocycles. The first-order chi connectivity index (χ1) is 10.6. The first kappa shape index (κ1) is 16.0. The molecule has 1 fully saturated rings. The second-order valence-corrected chi connectivity index (χ2v) is 4.79. The number of carbonyl (C=O) groups excluding carboxylic acids is 1. The van der Waals surface area contributed by atoms with Crippen LogP contribution in [0.5, 0.6) is 0 Å². The van der Waals surface area contributed by atoms with Crippen molar-refractivity contribution in [2.45, 2.75) is 6.42 Å². The largest absolute Gasteiger partial charge is 0.481 e. The number of amides is 2. The average molecular weight is 311 g/mol. The molecule has 8 heteroatoms. The fraction of sp³-hybridized carbons (Fsp3) is 0.429. The molecule has 1 aromatic rings. The number of carboxylic acid groups (broad SMARTS) is 1. The summed E-state index contributed by atoms with van der Waals surface area (Å²) in [6.07, 6.45) is -0.160. The Hall–Kier alpha value is -2.35. The normalized spacial score (nSPS) is 14.5. The summed E-state index contributed by atoms with van der Waals surface area (Å²) >= 11 is 0. The molecule has 0 bridgehead atoms. The number of hydrogen-bond acceptors (Lipinski definition) is 4. The Bertz CT molecular complexity index is 547. The van der Waals surface area contributed by atoms with Crippen molar-refractivity contribution in [2.24, 2.45) is 0 Å². The number of benzene rings is 1. The zero-order valence-electron chi connectivity index (χ0n) is 12.0. The summed E-state index contributed by atoms with van der Waals surface area (Å²) < 4.78 is 18.7. The van der Waals surface area contributed by atoms with Crippen LogP contribution in [-0.4, -0.2) is 50.0 Å². The highest BCUT2D eigenvalue weighted by Crippen LogP contribution is 2.27. The van der Waals surface area contributed by atoms with Gasteiger partial charge in [0.05, 0.1) is 31.0 Å². The number of morpholine rings is 1. The molecule has 1 aliphatic rings. The van der Waals surface area contributed by atoms with Gasteiger partial charge in [0.2, 0.25) is 0 Å². The van der Waals surface area contributed by atoms with Gasteiger partial charge >= 0.3 is 12.0 Å². The topological polar surface area (TPSA) is 90.9 Å². The van der Waals surface area contributed by atoms with E-state index in [1.165, 1.54) is 18.2 Å². The molecule has 0 spiro atoms. The maximum atomic E-state index is 13.5. The van der Waals surface area contributed by atoms with E-state index in [1.54, 1.807) is 0 Å². The second kappa shape index (κ2) is 7.60. The fourth-order valence-corrected chi connectivity index (χ4v) is 2.13. The van der Waals surface area contributed by atoms with E-state index in [2.05, 4.69) is 10.6 Å². The van der Waals surface area contributed by atoms with Crippen LogP contribution < -0.4 is 15.5 Å². The average Bonchev–Trinajstić information content (AvgIpc) is 2.49. The summed E-state index contributed by atoms with van der Waals surface area (Å²) in [7, 11) is 0. The molecular weight excluding hydrogens is 293 g/mol. The van der Waals surface area contributed by atoms with E-state index in [4.69, 9.17) is 9.84 Å². The summed E-state index contributed by atoms with van der Waals surface area (Å²) in [4.78, 5) is 24.1. The molecule has 22 heavy (non-hydrogen) atoms. The van der Waals surface area contributed by atoms with E-state index in [0.717, 1.165) is 0 Å². The van der Waals surface area contributed by atoms with Gasteiger partial charge in [-0.1, -0.05) is 0 Å². The van der Waals surface area contributed by atoms with Crippen LogP contribution in [0.1, 0.15) is 6.42 Å². The Labute approximate surface area is 127 Å².